The summed E-state index contributed by atoms with van der Waals surface area (Å²) in [6.07, 6.45) is 3.52. The molecule has 4 nitrogen and oxygen atoms in total. The number of H-pyrrole nitrogens is 1. The summed E-state index contributed by atoms with van der Waals surface area (Å²) < 4.78 is 2.51. The first kappa shape index (κ1) is 11.8. The van der Waals surface area contributed by atoms with Crippen LogP contribution in [0.2, 0.25) is 0 Å². The van der Waals surface area contributed by atoms with Crippen LogP contribution in [0, 0.1) is 15.6 Å². The van der Waals surface area contributed by atoms with Gasteiger partial charge in [-0.2, -0.15) is 5.21 Å². The Morgan fingerprint density at radius 3 is 2.25 bits per heavy atom. The van der Waals surface area contributed by atoms with Crippen LogP contribution in [0.25, 0.3) is 0 Å². The van der Waals surface area contributed by atoms with E-state index in [1.165, 1.54) is 6.42 Å². The SMILES string of the molecule is CC1(C)CC(n2[nH]nnc2=S)CC(C)(C)C1. The topological polar surface area (TPSA) is 46.5 Å². The molecule has 1 N–H and O–H groups in total. The van der Waals surface area contributed by atoms with Gasteiger partial charge in [0.2, 0.25) is 4.77 Å². The summed E-state index contributed by atoms with van der Waals surface area (Å²) >= 11 is 5.17. The van der Waals surface area contributed by atoms with E-state index < -0.39 is 0 Å². The van der Waals surface area contributed by atoms with Gasteiger partial charge in [-0.05, 0) is 42.3 Å². The molecule has 1 aromatic rings. The van der Waals surface area contributed by atoms with Crippen molar-refractivity contribution < 1.29 is 0 Å². The quantitative estimate of drug-likeness (QED) is 0.767. The lowest BCUT2D eigenvalue weighted by Crippen LogP contribution is -2.35. The van der Waals surface area contributed by atoms with Crippen LogP contribution in [0.3, 0.4) is 0 Å². The van der Waals surface area contributed by atoms with Gasteiger partial charge in [0.1, 0.15) is 0 Å². The van der Waals surface area contributed by atoms with Crippen LogP contribution in [0.5, 0.6) is 0 Å². The van der Waals surface area contributed by atoms with Gasteiger partial charge in [0.25, 0.3) is 0 Å². The predicted molar refractivity (Wildman–Crippen MR) is 65.7 cm³/mol. The average molecular weight is 240 g/mol. The molecule has 0 aliphatic heterocycles. The van der Waals surface area contributed by atoms with Gasteiger partial charge >= 0.3 is 0 Å². The Kier molecular flexibility index (Phi) is 2.69. The molecule has 16 heavy (non-hydrogen) atoms. The second-order valence-corrected chi connectivity index (χ2v) is 6.89. The van der Waals surface area contributed by atoms with E-state index in [9.17, 15) is 0 Å². The smallest absolute Gasteiger partial charge is 0.238 e. The summed E-state index contributed by atoms with van der Waals surface area (Å²) in [6, 6.07) is 0.404. The zero-order valence-corrected chi connectivity index (χ0v) is 11.3. The number of hydrogen-bond donors (Lipinski definition) is 1. The van der Waals surface area contributed by atoms with Crippen LogP contribution in [0.15, 0.2) is 0 Å². The van der Waals surface area contributed by atoms with Crippen molar-refractivity contribution in [2.75, 3.05) is 0 Å². The van der Waals surface area contributed by atoms with Crippen LogP contribution < -0.4 is 0 Å². The van der Waals surface area contributed by atoms with Crippen LogP contribution in [0.4, 0.5) is 0 Å². The third kappa shape index (κ3) is 2.34. The Balaban J connectivity index is 2.30. The van der Waals surface area contributed by atoms with Gasteiger partial charge in [-0.15, -0.1) is 0 Å². The normalized spacial score (nSPS) is 24.5. The van der Waals surface area contributed by atoms with Gasteiger partial charge < -0.3 is 0 Å². The lowest BCUT2D eigenvalue weighted by molar-refractivity contribution is 0.0659. The zero-order valence-electron chi connectivity index (χ0n) is 10.4. The molecule has 0 unspecified atom stereocenters. The molecule has 0 bridgehead atoms. The molecule has 1 heterocycles. The van der Waals surface area contributed by atoms with Crippen molar-refractivity contribution >= 4 is 12.2 Å². The molecular weight excluding hydrogens is 220 g/mol. The third-order valence-corrected chi connectivity index (χ3v) is 3.67. The Morgan fingerprint density at radius 2 is 1.81 bits per heavy atom. The molecule has 90 valence electrons. The first-order valence-electron chi connectivity index (χ1n) is 5.79. The van der Waals surface area contributed by atoms with E-state index in [1.807, 2.05) is 4.68 Å². The number of nitrogens with zero attached hydrogens (tertiary/aromatic N) is 3. The lowest BCUT2D eigenvalue weighted by Gasteiger charge is -2.44. The van der Waals surface area contributed by atoms with E-state index in [-0.39, 0.29) is 0 Å². The van der Waals surface area contributed by atoms with E-state index in [2.05, 4.69) is 43.2 Å². The van der Waals surface area contributed by atoms with Crippen molar-refractivity contribution in [1.29, 1.82) is 0 Å². The summed E-state index contributed by atoms with van der Waals surface area (Å²) in [4.78, 5) is 0. The maximum Gasteiger partial charge on any atom is 0.238 e. The van der Waals surface area contributed by atoms with Crippen molar-refractivity contribution in [3.05, 3.63) is 4.77 Å². The predicted octanol–water partition coefficient (Wildman–Crippen LogP) is 3.11. The molecule has 2 rings (SSSR count). The molecule has 1 fully saturated rings. The van der Waals surface area contributed by atoms with Crippen molar-refractivity contribution in [3.8, 4) is 0 Å². The van der Waals surface area contributed by atoms with Gasteiger partial charge in [-0.3, -0.25) is 0 Å². The van der Waals surface area contributed by atoms with Gasteiger partial charge in [-0.25, -0.2) is 4.68 Å². The van der Waals surface area contributed by atoms with Crippen molar-refractivity contribution in [2.45, 2.75) is 53.0 Å². The molecular formula is C11H20N4S. The fraction of sp³-hybridized carbons (Fsp3) is 0.909. The lowest BCUT2D eigenvalue weighted by atomic mass is 9.63. The Morgan fingerprint density at radius 1 is 1.25 bits per heavy atom. The molecule has 1 aromatic heterocycles. The molecule has 0 amide bonds. The van der Waals surface area contributed by atoms with Gasteiger partial charge in [0.15, 0.2) is 0 Å². The average Bonchev–Trinajstić information content (AvgIpc) is 2.45. The van der Waals surface area contributed by atoms with Crippen molar-refractivity contribution in [1.82, 2.24) is 20.2 Å². The molecule has 1 aliphatic carbocycles. The minimum atomic E-state index is 0.353. The monoisotopic (exact) mass is 240 g/mol. The van der Waals surface area contributed by atoms with E-state index in [1.54, 1.807) is 0 Å². The maximum atomic E-state index is 5.17. The molecule has 5 heteroatoms. The minimum absolute atomic E-state index is 0.353. The van der Waals surface area contributed by atoms with E-state index >= 15 is 0 Å². The summed E-state index contributed by atoms with van der Waals surface area (Å²) in [6.45, 7) is 9.31. The highest BCUT2D eigenvalue weighted by atomic mass is 32.1. The highest BCUT2D eigenvalue weighted by molar-refractivity contribution is 7.71. The van der Waals surface area contributed by atoms with Crippen molar-refractivity contribution in [3.63, 3.8) is 0 Å². The molecule has 1 saturated carbocycles. The van der Waals surface area contributed by atoms with Gasteiger partial charge in [-0.1, -0.05) is 38.0 Å². The third-order valence-electron chi connectivity index (χ3n) is 3.39. The molecule has 0 atom stereocenters. The van der Waals surface area contributed by atoms with E-state index in [4.69, 9.17) is 12.2 Å². The molecule has 0 spiro atoms. The molecule has 0 radical (unpaired) electrons. The minimum Gasteiger partial charge on any atom is -0.239 e. The number of tetrazole rings is 1. The highest BCUT2D eigenvalue weighted by Crippen LogP contribution is 2.49. The Hall–Kier alpha value is -0.710. The van der Waals surface area contributed by atoms with E-state index in [0.29, 0.717) is 21.6 Å². The second-order valence-electron chi connectivity index (χ2n) is 6.52. The molecule has 0 saturated heterocycles. The van der Waals surface area contributed by atoms with Crippen LogP contribution in [-0.2, 0) is 0 Å². The van der Waals surface area contributed by atoms with Gasteiger partial charge in [0.05, 0.1) is 6.04 Å². The summed E-state index contributed by atoms with van der Waals surface area (Å²) in [5, 5.41) is 10.5. The zero-order chi connectivity index (χ0) is 12.0. The molecule has 0 aromatic carbocycles. The van der Waals surface area contributed by atoms with Crippen LogP contribution >= 0.6 is 12.2 Å². The number of aromatic nitrogens is 4. The van der Waals surface area contributed by atoms with Crippen molar-refractivity contribution in [2.24, 2.45) is 10.8 Å². The molecule has 1 aliphatic rings. The largest absolute Gasteiger partial charge is 0.239 e. The number of nitrogens with one attached hydrogen (secondary N) is 1. The number of rotatable bonds is 1. The fourth-order valence-electron chi connectivity index (χ4n) is 3.41. The summed E-state index contributed by atoms with van der Waals surface area (Å²) in [5.41, 5.74) is 0.707. The highest BCUT2D eigenvalue weighted by Gasteiger charge is 2.39. The van der Waals surface area contributed by atoms with Crippen LogP contribution in [-0.4, -0.2) is 20.2 Å². The van der Waals surface area contributed by atoms with E-state index in [0.717, 1.165) is 12.8 Å². The Bertz CT molecular complexity index is 413. The number of aromatic amines is 1. The summed E-state index contributed by atoms with van der Waals surface area (Å²) in [7, 11) is 0. The maximum absolute atomic E-state index is 5.17. The second kappa shape index (κ2) is 3.65. The van der Waals surface area contributed by atoms with Crippen LogP contribution in [0.1, 0.15) is 53.0 Å². The fourth-order valence-corrected chi connectivity index (χ4v) is 3.64. The first-order valence-corrected chi connectivity index (χ1v) is 6.20. The number of hydrogen-bond acceptors (Lipinski definition) is 3. The summed E-state index contributed by atoms with van der Waals surface area (Å²) in [5.74, 6) is 0. The van der Waals surface area contributed by atoms with Gasteiger partial charge in [0, 0.05) is 0 Å². The first-order chi connectivity index (χ1) is 7.29. The Labute approximate surface area is 101 Å². The standard InChI is InChI=1S/C11H20N4S/c1-10(2)5-8(6-11(3,4)7-10)15-9(16)12-13-14-15/h8H,5-7H2,1-4H3,(H,12,14,16).